The van der Waals surface area contributed by atoms with Gasteiger partial charge in [0.2, 0.25) is 5.91 Å². The Labute approximate surface area is 161 Å². The standard InChI is InChI=1S/C22H28N4O/c1-2-23-21(25-16-20(27)24-15-18-9-5-3-6-10-18)26-17-22(13-14-22)19-11-7-4-8-12-19/h3-12H,2,13-17H2,1H3,(H,24,27)(H2,23,25,26). The summed E-state index contributed by atoms with van der Waals surface area (Å²) in [4.78, 5) is 16.5. The Balaban J connectivity index is 1.50. The molecule has 2 aromatic carbocycles. The highest BCUT2D eigenvalue weighted by Gasteiger charge is 2.43. The van der Waals surface area contributed by atoms with Crippen LogP contribution < -0.4 is 16.0 Å². The second kappa shape index (κ2) is 9.21. The first-order chi connectivity index (χ1) is 13.2. The molecular formula is C22H28N4O. The zero-order valence-corrected chi connectivity index (χ0v) is 15.9. The number of guanidine groups is 1. The Morgan fingerprint density at radius 2 is 1.63 bits per heavy atom. The molecule has 0 saturated heterocycles. The van der Waals surface area contributed by atoms with E-state index in [-0.39, 0.29) is 17.9 Å². The van der Waals surface area contributed by atoms with Crippen molar-refractivity contribution in [3.05, 3.63) is 71.8 Å². The Hall–Kier alpha value is -2.82. The van der Waals surface area contributed by atoms with Gasteiger partial charge in [-0.1, -0.05) is 60.7 Å². The third kappa shape index (κ3) is 5.58. The summed E-state index contributed by atoms with van der Waals surface area (Å²) in [5.74, 6) is 0.606. The van der Waals surface area contributed by atoms with Crippen molar-refractivity contribution < 1.29 is 4.79 Å². The zero-order valence-electron chi connectivity index (χ0n) is 15.9. The average molecular weight is 364 g/mol. The first-order valence-corrected chi connectivity index (χ1v) is 9.60. The van der Waals surface area contributed by atoms with E-state index in [1.807, 2.05) is 43.3 Å². The van der Waals surface area contributed by atoms with Crippen LogP contribution in [-0.2, 0) is 16.8 Å². The van der Waals surface area contributed by atoms with Gasteiger partial charge < -0.3 is 16.0 Å². The van der Waals surface area contributed by atoms with Crippen LogP contribution in [0.4, 0.5) is 0 Å². The van der Waals surface area contributed by atoms with Crippen LogP contribution in [0.1, 0.15) is 30.9 Å². The number of nitrogens with zero attached hydrogens (tertiary/aromatic N) is 1. The molecule has 1 amide bonds. The van der Waals surface area contributed by atoms with Crippen LogP contribution in [0, 0.1) is 0 Å². The number of amides is 1. The van der Waals surface area contributed by atoms with Gasteiger partial charge in [-0.2, -0.15) is 0 Å². The summed E-state index contributed by atoms with van der Waals surface area (Å²) in [6, 6.07) is 20.5. The summed E-state index contributed by atoms with van der Waals surface area (Å²) in [7, 11) is 0. The zero-order chi connectivity index (χ0) is 19.0. The van der Waals surface area contributed by atoms with Crippen molar-refractivity contribution in [2.45, 2.75) is 31.7 Å². The van der Waals surface area contributed by atoms with Gasteiger partial charge in [0.1, 0.15) is 6.54 Å². The number of aliphatic imine (C=N–C) groups is 1. The lowest BCUT2D eigenvalue weighted by atomic mass is 9.96. The number of carbonyl (C=O) groups excluding carboxylic acids is 1. The highest BCUT2D eigenvalue weighted by atomic mass is 16.1. The van der Waals surface area contributed by atoms with Crippen LogP contribution in [0.25, 0.3) is 0 Å². The fraction of sp³-hybridized carbons (Fsp3) is 0.364. The summed E-state index contributed by atoms with van der Waals surface area (Å²) in [6.45, 7) is 4.25. The van der Waals surface area contributed by atoms with E-state index in [9.17, 15) is 4.79 Å². The van der Waals surface area contributed by atoms with Crippen molar-refractivity contribution >= 4 is 11.9 Å². The van der Waals surface area contributed by atoms with Crippen molar-refractivity contribution in [2.24, 2.45) is 4.99 Å². The Morgan fingerprint density at radius 3 is 2.26 bits per heavy atom. The Bertz CT molecular complexity index is 754. The van der Waals surface area contributed by atoms with Crippen molar-refractivity contribution in [3.63, 3.8) is 0 Å². The lowest BCUT2D eigenvalue weighted by Crippen LogP contribution is -2.42. The molecule has 0 aliphatic heterocycles. The molecule has 27 heavy (non-hydrogen) atoms. The van der Waals surface area contributed by atoms with Gasteiger partial charge >= 0.3 is 0 Å². The monoisotopic (exact) mass is 364 g/mol. The summed E-state index contributed by atoms with van der Waals surface area (Å²) < 4.78 is 0. The van der Waals surface area contributed by atoms with Gasteiger partial charge in [0.05, 0.1) is 0 Å². The van der Waals surface area contributed by atoms with Gasteiger partial charge in [0.15, 0.2) is 5.96 Å². The van der Waals surface area contributed by atoms with Gasteiger partial charge in [0, 0.05) is 25.0 Å². The van der Waals surface area contributed by atoms with Crippen LogP contribution in [0.15, 0.2) is 65.7 Å². The predicted octanol–water partition coefficient (Wildman–Crippen LogP) is 2.59. The summed E-state index contributed by atoms with van der Waals surface area (Å²) >= 11 is 0. The molecule has 3 N–H and O–H groups in total. The molecule has 0 bridgehead atoms. The minimum Gasteiger partial charge on any atom is -0.357 e. The van der Waals surface area contributed by atoms with Crippen molar-refractivity contribution in [3.8, 4) is 0 Å². The van der Waals surface area contributed by atoms with Gasteiger partial charge in [-0.3, -0.25) is 4.79 Å². The quantitative estimate of drug-likeness (QED) is 0.498. The molecule has 0 heterocycles. The molecule has 0 spiro atoms. The normalized spacial score (nSPS) is 15.1. The largest absolute Gasteiger partial charge is 0.357 e. The lowest BCUT2D eigenvalue weighted by molar-refractivity contribution is -0.119. The fourth-order valence-electron chi connectivity index (χ4n) is 3.11. The maximum atomic E-state index is 12.1. The number of carbonyl (C=O) groups is 1. The van der Waals surface area contributed by atoms with Gasteiger partial charge in [0.25, 0.3) is 0 Å². The SMILES string of the molecule is CCNC(=NCC(=O)NCc1ccccc1)NCC1(c2ccccc2)CC1. The molecule has 5 heteroatoms. The number of hydrogen-bond acceptors (Lipinski definition) is 2. The third-order valence-corrected chi connectivity index (χ3v) is 4.89. The van der Waals surface area contributed by atoms with E-state index in [0.717, 1.165) is 18.7 Å². The van der Waals surface area contributed by atoms with Crippen molar-refractivity contribution in [1.82, 2.24) is 16.0 Å². The molecule has 0 atom stereocenters. The smallest absolute Gasteiger partial charge is 0.242 e. The van der Waals surface area contributed by atoms with E-state index in [1.165, 1.54) is 18.4 Å². The molecule has 0 aromatic heterocycles. The van der Waals surface area contributed by atoms with Crippen molar-refractivity contribution in [1.29, 1.82) is 0 Å². The van der Waals surface area contributed by atoms with E-state index in [4.69, 9.17) is 0 Å². The molecule has 1 saturated carbocycles. The minimum absolute atomic E-state index is 0.0831. The van der Waals surface area contributed by atoms with Crippen LogP contribution >= 0.6 is 0 Å². The minimum atomic E-state index is -0.0831. The predicted molar refractivity (Wildman–Crippen MR) is 110 cm³/mol. The molecule has 1 fully saturated rings. The molecule has 5 nitrogen and oxygen atoms in total. The van der Waals surface area contributed by atoms with Crippen LogP contribution in [-0.4, -0.2) is 31.5 Å². The van der Waals surface area contributed by atoms with Crippen LogP contribution in [0.3, 0.4) is 0 Å². The highest BCUT2D eigenvalue weighted by molar-refractivity contribution is 5.85. The highest BCUT2D eigenvalue weighted by Crippen LogP contribution is 2.47. The number of hydrogen-bond donors (Lipinski definition) is 3. The summed E-state index contributed by atoms with van der Waals surface area (Å²) in [5.41, 5.74) is 2.65. The molecule has 142 valence electrons. The maximum Gasteiger partial charge on any atom is 0.242 e. The molecule has 0 unspecified atom stereocenters. The van der Waals surface area contributed by atoms with Crippen molar-refractivity contribution in [2.75, 3.05) is 19.6 Å². The van der Waals surface area contributed by atoms with E-state index in [2.05, 4.69) is 45.2 Å². The number of benzene rings is 2. The fourth-order valence-corrected chi connectivity index (χ4v) is 3.11. The van der Waals surface area contributed by atoms with Gasteiger partial charge in [-0.15, -0.1) is 0 Å². The molecule has 3 rings (SSSR count). The Kier molecular flexibility index (Phi) is 6.47. The maximum absolute atomic E-state index is 12.1. The first kappa shape index (κ1) is 19.0. The van der Waals surface area contributed by atoms with Crippen LogP contribution in [0.2, 0.25) is 0 Å². The lowest BCUT2D eigenvalue weighted by Gasteiger charge is -2.19. The second-order valence-electron chi connectivity index (χ2n) is 6.96. The number of nitrogens with one attached hydrogen (secondary N) is 3. The molecule has 0 radical (unpaired) electrons. The summed E-state index contributed by atoms with van der Waals surface area (Å²) in [6.07, 6.45) is 2.36. The van der Waals surface area contributed by atoms with E-state index >= 15 is 0 Å². The first-order valence-electron chi connectivity index (χ1n) is 9.60. The van der Waals surface area contributed by atoms with E-state index < -0.39 is 0 Å². The second-order valence-corrected chi connectivity index (χ2v) is 6.96. The third-order valence-electron chi connectivity index (χ3n) is 4.89. The molecule has 1 aliphatic rings. The molecule has 2 aromatic rings. The van der Waals surface area contributed by atoms with E-state index in [1.54, 1.807) is 0 Å². The topological polar surface area (TPSA) is 65.5 Å². The Morgan fingerprint density at radius 1 is 0.963 bits per heavy atom. The summed E-state index contributed by atoms with van der Waals surface area (Å²) in [5, 5.41) is 9.54. The number of rotatable bonds is 8. The van der Waals surface area contributed by atoms with Crippen LogP contribution in [0.5, 0.6) is 0 Å². The van der Waals surface area contributed by atoms with E-state index in [0.29, 0.717) is 12.5 Å². The van der Waals surface area contributed by atoms with Gasteiger partial charge in [-0.25, -0.2) is 4.99 Å². The van der Waals surface area contributed by atoms with Gasteiger partial charge in [-0.05, 0) is 30.9 Å². The average Bonchev–Trinajstić information content (AvgIpc) is 3.51. The molecular weight excluding hydrogens is 336 g/mol. The molecule has 1 aliphatic carbocycles.